The Labute approximate surface area is 109 Å². The monoisotopic (exact) mass is 247 g/mol. The lowest BCUT2D eigenvalue weighted by molar-refractivity contribution is 0.0600. The first-order chi connectivity index (χ1) is 8.74. The first-order valence-corrected chi connectivity index (χ1v) is 6.66. The topological polar surface area (TPSA) is 29.5 Å². The van der Waals surface area contributed by atoms with Gasteiger partial charge in [0.2, 0.25) is 0 Å². The third kappa shape index (κ3) is 2.91. The zero-order chi connectivity index (χ0) is 13.0. The van der Waals surface area contributed by atoms with Crippen molar-refractivity contribution in [3.8, 4) is 0 Å². The van der Waals surface area contributed by atoms with E-state index in [1.165, 1.54) is 38.5 Å². The summed E-state index contributed by atoms with van der Waals surface area (Å²) in [4.78, 5) is 13.9. The Hall–Kier alpha value is -1.35. The summed E-state index contributed by atoms with van der Waals surface area (Å²) in [6.45, 7) is 4.43. The molecule has 1 fully saturated rings. The zero-order valence-corrected chi connectivity index (χ0v) is 11.2. The number of ether oxygens (including phenoxy) is 1. The van der Waals surface area contributed by atoms with Gasteiger partial charge in [-0.25, -0.2) is 4.79 Å². The molecule has 1 unspecified atom stereocenters. The Morgan fingerprint density at radius 3 is 2.72 bits per heavy atom. The van der Waals surface area contributed by atoms with Crippen LogP contribution in [0, 0.1) is 0 Å². The number of rotatable bonds is 4. The molecule has 0 amide bonds. The molecule has 0 spiro atoms. The van der Waals surface area contributed by atoms with Crippen molar-refractivity contribution in [2.45, 2.75) is 38.8 Å². The van der Waals surface area contributed by atoms with E-state index in [0.29, 0.717) is 5.56 Å². The molecule has 1 atom stereocenters. The number of esters is 1. The second-order valence-electron chi connectivity index (χ2n) is 4.86. The lowest BCUT2D eigenvalue weighted by Gasteiger charge is -2.23. The number of hydrogen-bond donors (Lipinski definition) is 0. The highest BCUT2D eigenvalue weighted by molar-refractivity contribution is 5.89. The van der Waals surface area contributed by atoms with Crippen molar-refractivity contribution in [1.29, 1.82) is 0 Å². The van der Waals surface area contributed by atoms with E-state index in [-0.39, 0.29) is 5.97 Å². The molecule has 0 bridgehead atoms. The number of carbonyl (C=O) groups excluding carboxylic acids is 1. The molecule has 0 N–H and O–H groups in total. The summed E-state index contributed by atoms with van der Waals surface area (Å²) in [6, 6.07) is 8.47. The molecule has 1 aromatic carbocycles. The molecule has 1 aliphatic heterocycles. The maximum atomic E-state index is 11.3. The average molecular weight is 247 g/mol. The number of methoxy groups -OCH3 is 1. The van der Waals surface area contributed by atoms with Crippen molar-refractivity contribution in [3.63, 3.8) is 0 Å². The van der Waals surface area contributed by atoms with Crippen LogP contribution in [0.25, 0.3) is 0 Å². The smallest absolute Gasteiger partial charge is 0.337 e. The fourth-order valence-electron chi connectivity index (χ4n) is 2.66. The van der Waals surface area contributed by atoms with Gasteiger partial charge in [-0.05, 0) is 43.5 Å². The highest BCUT2D eigenvalue weighted by Crippen LogP contribution is 2.22. The molecular formula is C15H21NO2. The summed E-state index contributed by atoms with van der Waals surface area (Å²) >= 11 is 0. The fourth-order valence-corrected chi connectivity index (χ4v) is 2.66. The Balaban J connectivity index is 2.00. The first-order valence-electron chi connectivity index (χ1n) is 6.66. The molecule has 3 heteroatoms. The molecule has 18 heavy (non-hydrogen) atoms. The van der Waals surface area contributed by atoms with E-state index < -0.39 is 0 Å². The van der Waals surface area contributed by atoms with E-state index in [1.807, 2.05) is 24.3 Å². The summed E-state index contributed by atoms with van der Waals surface area (Å²) in [5.41, 5.74) is 1.89. The zero-order valence-electron chi connectivity index (χ0n) is 11.2. The highest BCUT2D eigenvalue weighted by Gasteiger charge is 2.22. The predicted octanol–water partition coefficient (Wildman–Crippen LogP) is 2.85. The Kier molecular flexibility index (Phi) is 4.37. The molecule has 1 saturated heterocycles. The molecular weight excluding hydrogens is 226 g/mol. The summed E-state index contributed by atoms with van der Waals surface area (Å²) < 4.78 is 4.69. The van der Waals surface area contributed by atoms with Gasteiger partial charge in [0.25, 0.3) is 0 Å². The van der Waals surface area contributed by atoms with E-state index in [9.17, 15) is 4.79 Å². The van der Waals surface area contributed by atoms with Gasteiger partial charge >= 0.3 is 5.97 Å². The first kappa shape index (κ1) is 13.1. The van der Waals surface area contributed by atoms with Crippen LogP contribution in [-0.4, -0.2) is 30.6 Å². The third-order valence-corrected chi connectivity index (χ3v) is 3.73. The van der Waals surface area contributed by atoms with Crippen molar-refractivity contribution in [2.75, 3.05) is 13.7 Å². The van der Waals surface area contributed by atoms with Gasteiger partial charge in [-0.1, -0.05) is 19.1 Å². The van der Waals surface area contributed by atoms with Crippen molar-refractivity contribution in [2.24, 2.45) is 0 Å². The lowest BCUT2D eigenvalue weighted by atomic mass is 10.1. The van der Waals surface area contributed by atoms with Crippen LogP contribution in [0.2, 0.25) is 0 Å². The molecule has 1 aromatic rings. The van der Waals surface area contributed by atoms with Crippen molar-refractivity contribution < 1.29 is 9.53 Å². The molecule has 3 nitrogen and oxygen atoms in total. The standard InChI is InChI=1S/C15H21NO2/c1-3-14-5-4-10-16(14)11-12-6-8-13(9-7-12)15(17)18-2/h6-9,14H,3-5,10-11H2,1-2H3. The van der Waals surface area contributed by atoms with Gasteiger partial charge in [0.1, 0.15) is 0 Å². The molecule has 98 valence electrons. The number of likely N-dealkylation sites (tertiary alicyclic amines) is 1. The van der Waals surface area contributed by atoms with E-state index >= 15 is 0 Å². The van der Waals surface area contributed by atoms with Crippen molar-refractivity contribution >= 4 is 5.97 Å². The Morgan fingerprint density at radius 1 is 1.39 bits per heavy atom. The van der Waals surface area contributed by atoms with Crippen molar-refractivity contribution in [1.82, 2.24) is 4.90 Å². The summed E-state index contributed by atoms with van der Waals surface area (Å²) in [5.74, 6) is -0.269. The molecule has 1 heterocycles. The number of benzene rings is 1. The van der Waals surface area contributed by atoms with Gasteiger partial charge in [-0.15, -0.1) is 0 Å². The van der Waals surface area contributed by atoms with Gasteiger partial charge in [-0.3, -0.25) is 4.90 Å². The molecule has 0 aliphatic carbocycles. The van der Waals surface area contributed by atoms with E-state index in [4.69, 9.17) is 4.74 Å². The van der Waals surface area contributed by atoms with Gasteiger partial charge in [0, 0.05) is 12.6 Å². The lowest BCUT2D eigenvalue weighted by Crippen LogP contribution is -2.28. The maximum absolute atomic E-state index is 11.3. The summed E-state index contributed by atoms with van der Waals surface area (Å²) in [5, 5.41) is 0. The van der Waals surface area contributed by atoms with Crippen LogP contribution in [0.5, 0.6) is 0 Å². The predicted molar refractivity (Wildman–Crippen MR) is 71.5 cm³/mol. The number of nitrogens with zero attached hydrogens (tertiary/aromatic N) is 1. The normalized spacial score (nSPS) is 20.0. The van der Waals surface area contributed by atoms with Crippen LogP contribution in [0.1, 0.15) is 42.1 Å². The Bertz CT molecular complexity index is 399. The summed E-state index contributed by atoms with van der Waals surface area (Å²) in [6.07, 6.45) is 3.84. The molecule has 2 rings (SSSR count). The Morgan fingerprint density at radius 2 is 2.11 bits per heavy atom. The molecule has 0 saturated carbocycles. The van der Waals surface area contributed by atoms with Crippen LogP contribution in [0.15, 0.2) is 24.3 Å². The minimum absolute atomic E-state index is 0.269. The number of carbonyl (C=O) groups is 1. The SMILES string of the molecule is CCC1CCCN1Cc1ccc(C(=O)OC)cc1. The largest absolute Gasteiger partial charge is 0.465 e. The number of hydrogen-bond acceptors (Lipinski definition) is 3. The van der Waals surface area contributed by atoms with Crippen LogP contribution in [-0.2, 0) is 11.3 Å². The quantitative estimate of drug-likeness (QED) is 0.766. The average Bonchev–Trinajstić information content (AvgIpc) is 2.86. The van der Waals surface area contributed by atoms with Crippen molar-refractivity contribution in [3.05, 3.63) is 35.4 Å². The van der Waals surface area contributed by atoms with Gasteiger partial charge in [0.05, 0.1) is 12.7 Å². The van der Waals surface area contributed by atoms with E-state index in [1.54, 1.807) is 0 Å². The third-order valence-electron chi connectivity index (χ3n) is 3.73. The van der Waals surface area contributed by atoms with E-state index in [0.717, 1.165) is 12.6 Å². The molecule has 0 radical (unpaired) electrons. The highest BCUT2D eigenvalue weighted by atomic mass is 16.5. The van der Waals surface area contributed by atoms with Crippen LogP contribution < -0.4 is 0 Å². The second kappa shape index (κ2) is 6.01. The minimum Gasteiger partial charge on any atom is -0.465 e. The van der Waals surface area contributed by atoms with Gasteiger partial charge in [0.15, 0.2) is 0 Å². The second-order valence-corrected chi connectivity index (χ2v) is 4.86. The van der Waals surface area contributed by atoms with Crippen LogP contribution in [0.4, 0.5) is 0 Å². The summed E-state index contributed by atoms with van der Waals surface area (Å²) in [7, 11) is 1.41. The van der Waals surface area contributed by atoms with Gasteiger partial charge in [-0.2, -0.15) is 0 Å². The van der Waals surface area contributed by atoms with Crippen LogP contribution >= 0.6 is 0 Å². The van der Waals surface area contributed by atoms with E-state index in [2.05, 4.69) is 11.8 Å². The van der Waals surface area contributed by atoms with Gasteiger partial charge < -0.3 is 4.74 Å². The fraction of sp³-hybridized carbons (Fsp3) is 0.533. The van der Waals surface area contributed by atoms with Crippen LogP contribution in [0.3, 0.4) is 0 Å². The maximum Gasteiger partial charge on any atom is 0.337 e. The molecule has 0 aromatic heterocycles. The minimum atomic E-state index is -0.269. The molecule has 1 aliphatic rings.